The van der Waals surface area contributed by atoms with Crippen molar-refractivity contribution in [1.29, 1.82) is 0 Å². The summed E-state index contributed by atoms with van der Waals surface area (Å²) in [6.45, 7) is 1.97. The molecule has 1 heterocycles. The van der Waals surface area contributed by atoms with E-state index in [1.807, 2.05) is 47.7 Å². The number of fused-ring (bicyclic) bond motifs is 1. The lowest BCUT2D eigenvalue weighted by atomic mass is 10.1. The molecule has 0 amide bonds. The smallest absolute Gasteiger partial charge is 0.231 e. The Morgan fingerprint density at radius 3 is 2.75 bits per heavy atom. The van der Waals surface area contributed by atoms with E-state index in [9.17, 15) is 10.2 Å². The van der Waals surface area contributed by atoms with Crippen LogP contribution in [0.4, 0.5) is 5.69 Å². The van der Waals surface area contributed by atoms with Gasteiger partial charge in [-0.15, -0.1) is 0 Å². The van der Waals surface area contributed by atoms with Crippen molar-refractivity contribution >= 4 is 57.2 Å². The van der Waals surface area contributed by atoms with Crippen LogP contribution >= 0.6 is 34.2 Å². The lowest BCUT2D eigenvalue weighted by Gasteiger charge is -2.04. The van der Waals surface area contributed by atoms with E-state index in [1.54, 1.807) is 24.3 Å². The number of halogens is 2. The first kappa shape index (κ1) is 18.8. The molecule has 140 valence electrons. The van der Waals surface area contributed by atoms with Gasteiger partial charge in [0, 0.05) is 16.8 Å². The molecule has 0 aliphatic heterocycles. The summed E-state index contributed by atoms with van der Waals surface area (Å²) in [6, 6.07) is 13.9. The summed E-state index contributed by atoms with van der Waals surface area (Å²) < 4.78 is 6.44. The van der Waals surface area contributed by atoms with Gasteiger partial charge in [-0.1, -0.05) is 17.7 Å². The lowest BCUT2D eigenvalue weighted by Crippen LogP contribution is -1.86. The Kier molecular flexibility index (Phi) is 4.99. The number of oxazole rings is 1. The third kappa shape index (κ3) is 3.70. The molecule has 0 atom stereocenters. The van der Waals surface area contributed by atoms with Gasteiger partial charge in [0.25, 0.3) is 0 Å². The van der Waals surface area contributed by atoms with E-state index >= 15 is 0 Å². The van der Waals surface area contributed by atoms with Gasteiger partial charge in [-0.2, -0.15) is 0 Å². The van der Waals surface area contributed by atoms with Crippen molar-refractivity contribution < 1.29 is 14.6 Å². The highest BCUT2D eigenvalue weighted by Gasteiger charge is 2.13. The second-order valence-electron chi connectivity index (χ2n) is 6.28. The molecule has 3 aromatic carbocycles. The fourth-order valence-electron chi connectivity index (χ4n) is 2.75. The highest BCUT2D eigenvalue weighted by atomic mass is 127. The maximum Gasteiger partial charge on any atom is 0.231 e. The SMILES string of the molecule is Cc1ccc2nc(-c3cc(N=Cc4cc(Cl)cc(I)c4O)ccc3O)oc2c1. The van der Waals surface area contributed by atoms with Crippen molar-refractivity contribution in [2.75, 3.05) is 0 Å². The fourth-order valence-corrected chi connectivity index (χ4v) is 3.81. The molecule has 0 saturated carbocycles. The molecular formula is C21H14ClIN2O3. The number of phenols is 2. The van der Waals surface area contributed by atoms with Crippen molar-refractivity contribution in [3.8, 4) is 23.0 Å². The number of benzene rings is 3. The predicted octanol–water partition coefficient (Wildman–Crippen LogP) is 6.22. The molecule has 4 aromatic rings. The molecule has 0 fully saturated rings. The Hall–Kier alpha value is -2.58. The first-order valence-electron chi connectivity index (χ1n) is 8.33. The molecule has 0 aliphatic rings. The summed E-state index contributed by atoms with van der Waals surface area (Å²) in [5.41, 5.74) is 3.95. The van der Waals surface area contributed by atoms with E-state index in [1.165, 1.54) is 12.3 Å². The van der Waals surface area contributed by atoms with Gasteiger partial charge in [-0.3, -0.25) is 4.99 Å². The third-order valence-electron chi connectivity index (χ3n) is 4.16. The Morgan fingerprint density at radius 2 is 1.93 bits per heavy atom. The van der Waals surface area contributed by atoms with Crippen molar-refractivity contribution in [1.82, 2.24) is 4.98 Å². The van der Waals surface area contributed by atoms with Crippen LogP contribution in [0.15, 0.2) is 57.9 Å². The number of hydrogen-bond donors (Lipinski definition) is 2. The maximum absolute atomic E-state index is 10.3. The summed E-state index contributed by atoms with van der Waals surface area (Å²) in [5.74, 6) is 0.472. The molecule has 0 radical (unpaired) electrons. The van der Waals surface area contributed by atoms with Gasteiger partial charge >= 0.3 is 0 Å². The van der Waals surface area contributed by atoms with Crippen LogP contribution in [-0.2, 0) is 0 Å². The van der Waals surface area contributed by atoms with Crippen LogP contribution in [0.5, 0.6) is 11.5 Å². The minimum atomic E-state index is 0.0439. The van der Waals surface area contributed by atoms with E-state index in [4.69, 9.17) is 16.0 Å². The molecule has 4 rings (SSSR count). The standard InChI is InChI=1S/C21H14ClIN2O3/c1-11-2-4-17-19(6-11)28-21(25-17)15-9-14(3-5-18(15)26)24-10-12-7-13(22)8-16(23)20(12)27/h2-10,26-27H,1H3. The number of aromatic nitrogens is 1. The molecule has 2 N–H and O–H groups in total. The van der Waals surface area contributed by atoms with Gasteiger partial charge < -0.3 is 14.6 Å². The van der Waals surface area contributed by atoms with E-state index in [2.05, 4.69) is 9.98 Å². The van der Waals surface area contributed by atoms with Gasteiger partial charge in [-0.25, -0.2) is 4.98 Å². The highest BCUT2D eigenvalue weighted by Crippen LogP contribution is 2.34. The maximum atomic E-state index is 10.3. The van der Waals surface area contributed by atoms with Crippen LogP contribution < -0.4 is 0 Å². The van der Waals surface area contributed by atoms with Crippen molar-refractivity contribution in [2.45, 2.75) is 6.92 Å². The molecule has 7 heteroatoms. The lowest BCUT2D eigenvalue weighted by molar-refractivity contribution is 0.470. The normalized spacial score (nSPS) is 11.5. The monoisotopic (exact) mass is 504 g/mol. The zero-order chi connectivity index (χ0) is 19.8. The van der Waals surface area contributed by atoms with E-state index in [-0.39, 0.29) is 11.5 Å². The molecular weight excluding hydrogens is 491 g/mol. The molecule has 28 heavy (non-hydrogen) atoms. The number of rotatable bonds is 3. The average Bonchev–Trinajstić information content (AvgIpc) is 3.07. The van der Waals surface area contributed by atoms with Crippen molar-refractivity contribution in [3.05, 3.63) is 68.3 Å². The highest BCUT2D eigenvalue weighted by molar-refractivity contribution is 14.1. The third-order valence-corrected chi connectivity index (χ3v) is 5.21. The molecule has 0 spiro atoms. The minimum absolute atomic E-state index is 0.0439. The molecule has 0 aliphatic carbocycles. The van der Waals surface area contributed by atoms with Crippen molar-refractivity contribution in [3.63, 3.8) is 0 Å². The van der Waals surface area contributed by atoms with Crippen molar-refractivity contribution in [2.24, 2.45) is 4.99 Å². The van der Waals surface area contributed by atoms with E-state index in [0.717, 1.165) is 5.56 Å². The number of phenolic OH excluding ortho intramolecular Hbond substituents is 2. The Labute approximate surface area is 179 Å². The number of nitrogens with zero attached hydrogens (tertiary/aromatic N) is 2. The second kappa shape index (κ2) is 7.44. The number of aromatic hydroxyl groups is 2. The Balaban J connectivity index is 1.73. The average molecular weight is 505 g/mol. The minimum Gasteiger partial charge on any atom is -0.507 e. The van der Waals surface area contributed by atoms with Gasteiger partial charge in [0.2, 0.25) is 5.89 Å². The largest absolute Gasteiger partial charge is 0.507 e. The van der Waals surface area contributed by atoms with Gasteiger partial charge in [-0.05, 0) is 77.5 Å². The quantitative estimate of drug-likeness (QED) is 0.256. The summed E-state index contributed by atoms with van der Waals surface area (Å²) in [4.78, 5) is 8.83. The Bertz CT molecular complexity index is 1230. The summed E-state index contributed by atoms with van der Waals surface area (Å²) >= 11 is 8.05. The summed E-state index contributed by atoms with van der Waals surface area (Å²) in [6.07, 6.45) is 1.52. The zero-order valence-electron chi connectivity index (χ0n) is 14.6. The summed E-state index contributed by atoms with van der Waals surface area (Å²) in [5, 5.41) is 20.9. The fraction of sp³-hybridized carbons (Fsp3) is 0.0476. The Morgan fingerprint density at radius 1 is 1.11 bits per heavy atom. The van der Waals surface area contributed by atoms with Crippen LogP contribution in [-0.4, -0.2) is 21.4 Å². The molecule has 5 nitrogen and oxygen atoms in total. The summed E-state index contributed by atoms with van der Waals surface area (Å²) in [7, 11) is 0. The van der Waals surface area contributed by atoms with E-state index < -0.39 is 0 Å². The molecule has 1 aromatic heterocycles. The van der Waals surface area contributed by atoms with Crippen LogP contribution in [0.3, 0.4) is 0 Å². The first-order valence-corrected chi connectivity index (χ1v) is 9.79. The first-order chi connectivity index (χ1) is 13.4. The molecule has 0 saturated heterocycles. The van der Waals surface area contributed by atoms with Gasteiger partial charge in [0.05, 0.1) is 14.8 Å². The predicted molar refractivity (Wildman–Crippen MR) is 119 cm³/mol. The molecule has 0 unspecified atom stereocenters. The number of hydrogen-bond acceptors (Lipinski definition) is 5. The zero-order valence-corrected chi connectivity index (χ0v) is 17.6. The number of aryl methyl sites for hydroxylation is 1. The molecule has 0 bridgehead atoms. The van der Waals surface area contributed by atoms with Crippen LogP contribution in [0.25, 0.3) is 22.6 Å². The number of aliphatic imine (C=N–C) groups is 1. The van der Waals surface area contributed by atoms with Crippen LogP contribution in [0, 0.1) is 10.5 Å². The van der Waals surface area contributed by atoms with Gasteiger partial charge in [0.1, 0.15) is 17.0 Å². The van der Waals surface area contributed by atoms with Crippen LogP contribution in [0.2, 0.25) is 5.02 Å². The second-order valence-corrected chi connectivity index (χ2v) is 7.87. The van der Waals surface area contributed by atoms with E-state index in [0.29, 0.717) is 42.4 Å². The van der Waals surface area contributed by atoms with Crippen LogP contribution in [0.1, 0.15) is 11.1 Å². The van der Waals surface area contributed by atoms with Gasteiger partial charge in [0.15, 0.2) is 5.58 Å². The topological polar surface area (TPSA) is 78.9 Å².